The van der Waals surface area contributed by atoms with Crippen LogP contribution in [0.3, 0.4) is 0 Å². The van der Waals surface area contributed by atoms with Crippen LogP contribution in [0.5, 0.6) is 0 Å². The van der Waals surface area contributed by atoms with Gasteiger partial charge in [0, 0.05) is 37.2 Å². The molecule has 0 unspecified atom stereocenters. The van der Waals surface area contributed by atoms with Gasteiger partial charge in [-0.1, -0.05) is 112 Å². The van der Waals surface area contributed by atoms with Crippen LogP contribution in [0.15, 0.2) is 121 Å². The first-order chi connectivity index (χ1) is 22.0. The minimum Gasteiger partial charge on any atom is -0.311 e. The SMILES string of the molecule is CC(C)c1cccc(N2c3cc(C(C)C)ccc3B3c4ccccc4-c4cc(-c5ccc6c(c5)sc5ccccc56)cc2c43)c1. The molecule has 9 rings (SSSR count). The largest absolute Gasteiger partial charge is 0.311 e. The van der Waals surface area contributed by atoms with Crippen LogP contribution in [0, 0.1) is 0 Å². The Kier molecular flexibility index (Phi) is 5.92. The van der Waals surface area contributed by atoms with Crippen molar-refractivity contribution in [3.63, 3.8) is 0 Å². The molecular formula is C42H34BNS. The maximum absolute atomic E-state index is 2.57. The van der Waals surface area contributed by atoms with E-state index in [0.29, 0.717) is 11.8 Å². The first-order valence-corrected chi connectivity index (χ1v) is 17.0. The number of anilines is 3. The van der Waals surface area contributed by atoms with Gasteiger partial charge in [0.25, 0.3) is 0 Å². The van der Waals surface area contributed by atoms with E-state index in [0.717, 1.165) is 0 Å². The highest BCUT2D eigenvalue weighted by Gasteiger charge is 2.42. The van der Waals surface area contributed by atoms with E-state index in [9.17, 15) is 0 Å². The molecule has 7 aromatic rings. The van der Waals surface area contributed by atoms with Gasteiger partial charge in [-0.15, -0.1) is 11.3 Å². The van der Waals surface area contributed by atoms with E-state index in [1.807, 2.05) is 11.3 Å². The first kappa shape index (κ1) is 26.8. The summed E-state index contributed by atoms with van der Waals surface area (Å²) < 4.78 is 2.69. The van der Waals surface area contributed by atoms with Crippen molar-refractivity contribution in [3.05, 3.63) is 132 Å². The third kappa shape index (κ3) is 4.00. The summed E-state index contributed by atoms with van der Waals surface area (Å²) in [5, 5.41) is 2.69. The molecule has 3 heterocycles. The minimum absolute atomic E-state index is 0.228. The monoisotopic (exact) mass is 595 g/mol. The van der Waals surface area contributed by atoms with E-state index < -0.39 is 0 Å². The summed E-state index contributed by atoms with van der Waals surface area (Å²) >= 11 is 1.89. The molecule has 45 heavy (non-hydrogen) atoms. The van der Waals surface area contributed by atoms with Crippen LogP contribution in [-0.4, -0.2) is 6.71 Å². The molecular weight excluding hydrogens is 561 g/mol. The Balaban J connectivity index is 1.34. The average Bonchev–Trinajstić information content (AvgIpc) is 3.61. The molecule has 6 aromatic carbocycles. The molecule has 1 aromatic heterocycles. The van der Waals surface area contributed by atoms with Gasteiger partial charge in [-0.2, -0.15) is 0 Å². The maximum atomic E-state index is 2.57. The Morgan fingerprint density at radius 3 is 2.18 bits per heavy atom. The molecule has 0 bridgehead atoms. The van der Waals surface area contributed by atoms with Gasteiger partial charge in [-0.25, -0.2) is 0 Å². The summed E-state index contributed by atoms with van der Waals surface area (Å²) in [6.07, 6.45) is 0. The lowest BCUT2D eigenvalue weighted by atomic mass is 9.37. The number of hydrogen-bond donors (Lipinski definition) is 0. The Morgan fingerprint density at radius 2 is 1.31 bits per heavy atom. The van der Waals surface area contributed by atoms with E-state index >= 15 is 0 Å². The van der Waals surface area contributed by atoms with Crippen LogP contribution in [0.4, 0.5) is 17.1 Å². The molecule has 1 nitrogen and oxygen atoms in total. The summed E-state index contributed by atoms with van der Waals surface area (Å²) in [6, 6.07) is 46.3. The van der Waals surface area contributed by atoms with Gasteiger partial charge in [-0.3, -0.25) is 0 Å². The second-order valence-electron chi connectivity index (χ2n) is 13.3. The van der Waals surface area contributed by atoms with Crippen LogP contribution < -0.4 is 21.3 Å². The van der Waals surface area contributed by atoms with Crippen molar-refractivity contribution in [2.45, 2.75) is 39.5 Å². The van der Waals surface area contributed by atoms with Crippen molar-refractivity contribution >= 4 is 71.7 Å². The quantitative estimate of drug-likeness (QED) is 0.183. The van der Waals surface area contributed by atoms with Crippen molar-refractivity contribution in [1.29, 1.82) is 0 Å². The molecule has 3 heteroatoms. The van der Waals surface area contributed by atoms with Crippen LogP contribution in [0.25, 0.3) is 42.4 Å². The number of rotatable bonds is 4. The molecule has 2 aliphatic heterocycles. The third-order valence-electron chi connectivity index (χ3n) is 10.0. The predicted octanol–water partition coefficient (Wildman–Crippen LogP) is 10.2. The molecule has 0 radical (unpaired) electrons. The van der Waals surface area contributed by atoms with E-state index in [1.165, 1.54) is 87.0 Å². The van der Waals surface area contributed by atoms with Gasteiger partial charge in [-0.05, 0) is 98.6 Å². The molecule has 0 amide bonds. The average molecular weight is 596 g/mol. The molecule has 2 aliphatic rings. The fraction of sp³-hybridized carbons (Fsp3) is 0.143. The van der Waals surface area contributed by atoms with Gasteiger partial charge in [0.05, 0.1) is 0 Å². The Bertz CT molecular complexity index is 2310. The fourth-order valence-corrected chi connectivity index (χ4v) is 8.83. The lowest BCUT2D eigenvalue weighted by Crippen LogP contribution is -2.54. The topological polar surface area (TPSA) is 3.24 Å². The lowest BCUT2D eigenvalue weighted by Gasteiger charge is -2.37. The van der Waals surface area contributed by atoms with Gasteiger partial charge in [0.2, 0.25) is 6.71 Å². The summed E-state index contributed by atoms with van der Waals surface area (Å²) in [7, 11) is 0. The number of hydrogen-bond acceptors (Lipinski definition) is 2. The van der Waals surface area contributed by atoms with Crippen LogP contribution >= 0.6 is 11.3 Å². The summed E-state index contributed by atoms with van der Waals surface area (Å²) in [4.78, 5) is 2.57. The zero-order valence-electron chi connectivity index (χ0n) is 26.1. The number of nitrogens with zero attached hydrogens (tertiary/aromatic N) is 1. The Morgan fingerprint density at radius 1 is 0.533 bits per heavy atom. The highest BCUT2D eigenvalue weighted by Crippen LogP contribution is 2.45. The molecule has 0 saturated carbocycles. The van der Waals surface area contributed by atoms with Gasteiger partial charge >= 0.3 is 0 Å². The van der Waals surface area contributed by atoms with Crippen molar-refractivity contribution in [1.82, 2.24) is 0 Å². The van der Waals surface area contributed by atoms with Gasteiger partial charge in [0.15, 0.2) is 0 Å². The molecule has 0 fully saturated rings. The van der Waals surface area contributed by atoms with Crippen LogP contribution in [0.1, 0.15) is 50.7 Å². The first-order valence-electron chi connectivity index (χ1n) is 16.2. The Hall–Kier alpha value is -4.60. The number of thiophene rings is 1. The van der Waals surface area contributed by atoms with E-state index in [2.05, 4.69) is 154 Å². The number of benzene rings is 6. The van der Waals surface area contributed by atoms with Gasteiger partial charge < -0.3 is 4.90 Å². The molecule has 0 atom stereocenters. The van der Waals surface area contributed by atoms with Crippen molar-refractivity contribution < 1.29 is 0 Å². The van der Waals surface area contributed by atoms with Crippen LogP contribution in [0.2, 0.25) is 0 Å². The zero-order valence-corrected chi connectivity index (χ0v) is 27.0. The van der Waals surface area contributed by atoms with E-state index in [1.54, 1.807) is 0 Å². The second kappa shape index (κ2) is 9.96. The van der Waals surface area contributed by atoms with Crippen molar-refractivity contribution in [2.24, 2.45) is 0 Å². The standard InChI is InChI=1S/C42H34BNS/c1-25(2)27-10-9-11-31(20-27)44-38-22-28(26(3)4)17-19-37(38)43-36-14-7-5-12-32(36)35-21-30(23-39(44)42(35)43)29-16-18-34-33-13-6-8-15-40(33)45-41(34)24-29/h5-26H,1-4H3. The predicted molar refractivity (Wildman–Crippen MR) is 198 cm³/mol. The highest BCUT2D eigenvalue weighted by atomic mass is 32.1. The third-order valence-corrected chi connectivity index (χ3v) is 11.2. The molecule has 0 N–H and O–H groups in total. The van der Waals surface area contributed by atoms with Gasteiger partial charge in [0.1, 0.15) is 0 Å². The minimum atomic E-state index is 0.228. The van der Waals surface area contributed by atoms with Crippen LogP contribution in [-0.2, 0) is 0 Å². The normalized spacial score (nSPS) is 13.2. The molecule has 0 saturated heterocycles. The molecule has 0 aliphatic carbocycles. The second-order valence-corrected chi connectivity index (χ2v) is 14.4. The smallest absolute Gasteiger partial charge is 0.248 e. The zero-order chi connectivity index (χ0) is 30.4. The highest BCUT2D eigenvalue weighted by molar-refractivity contribution is 7.25. The number of fused-ring (bicyclic) bond motifs is 8. The maximum Gasteiger partial charge on any atom is 0.248 e. The Labute approximate surface area is 269 Å². The van der Waals surface area contributed by atoms with E-state index in [4.69, 9.17) is 0 Å². The summed E-state index contributed by atoms with van der Waals surface area (Å²) in [5.74, 6) is 0.907. The lowest BCUT2D eigenvalue weighted by molar-refractivity contribution is 0.865. The van der Waals surface area contributed by atoms with Crippen molar-refractivity contribution in [2.75, 3.05) is 4.90 Å². The summed E-state index contributed by atoms with van der Waals surface area (Å²) in [6.45, 7) is 9.40. The fourth-order valence-electron chi connectivity index (χ4n) is 7.68. The van der Waals surface area contributed by atoms with Crippen molar-refractivity contribution in [3.8, 4) is 22.3 Å². The summed E-state index contributed by atoms with van der Waals surface area (Å²) in [5.41, 5.74) is 16.1. The van der Waals surface area contributed by atoms with E-state index in [-0.39, 0.29) is 6.71 Å². The molecule has 216 valence electrons. The molecule has 0 spiro atoms.